The van der Waals surface area contributed by atoms with Crippen LogP contribution >= 0.6 is 0 Å². The van der Waals surface area contributed by atoms with Crippen LogP contribution in [0.1, 0.15) is 59.9 Å². The number of carbonyl (C=O) groups excluding carboxylic acids is 4. The number of ketones is 1. The number of nitrogens with one attached hydrogen (secondary N) is 4. The maximum absolute atomic E-state index is 13.4. The van der Waals surface area contributed by atoms with Crippen LogP contribution in [0.3, 0.4) is 0 Å². The predicted molar refractivity (Wildman–Crippen MR) is 177 cm³/mol. The third kappa shape index (κ3) is 15.5. The van der Waals surface area contributed by atoms with Gasteiger partial charge in [0.15, 0.2) is 0 Å². The first-order valence-corrected chi connectivity index (χ1v) is 16.8. The van der Waals surface area contributed by atoms with Gasteiger partial charge in [-0.1, -0.05) is 30.3 Å². The van der Waals surface area contributed by atoms with Crippen LogP contribution in [-0.2, 0) is 41.4 Å². The van der Waals surface area contributed by atoms with Gasteiger partial charge < -0.3 is 19.4 Å². The van der Waals surface area contributed by atoms with Gasteiger partial charge in [0, 0.05) is 12.7 Å². The van der Waals surface area contributed by atoms with Crippen molar-refractivity contribution in [2.24, 2.45) is 4.99 Å². The number of ether oxygens (including phenoxy) is 2. The lowest BCUT2D eigenvalue weighted by Crippen LogP contribution is -2.48. The van der Waals surface area contributed by atoms with Gasteiger partial charge in [-0.15, -0.1) is 0 Å². The van der Waals surface area contributed by atoms with Gasteiger partial charge in [0.2, 0.25) is 21.9 Å². The zero-order valence-corrected chi connectivity index (χ0v) is 29.2. The first kappa shape index (κ1) is 41.2. The molecule has 276 valence electrons. The van der Waals surface area contributed by atoms with E-state index in [4.69, 9.17) is 9.47 Å². The van der Waals surface area contributed by atoms with E-state index in [0.29, 0.717) is 5.56 Å². The number of pyridine rings is 1. The minimum absolute atomic E-state index is 0.263. The van der Waals surface area contributed by atoms with E-state index in [1.807, 2.05) is 5.32 Å². The second-order valence-corrected chi connectivity index (χ2v) is 14.5. The van der Waals surface area contributed by atoms with Crippen LogP contribution in [0.2, 0.25) is 0 Å². The maximum atomic E-state index is 13.4. The lowest BCUT2D eigenvalue weighted by Gasteiger charge is -2.22. The number of carbonyl (C=O) groups is 4. The van der Waals surface area contributed by atoms with Crippen LogP contribution in [0.25, 0.3) is 0 Å². The number of alkyl carbamates (subject to hydrolysis) is 2. The first-order valence-electron chi connectivity index (χ1n) is 15.1. The number of nitrogens with zero attached hydrogens (tertiary/aromatic N) is 2. The van der Waals surface area contributed by atoms with E-state index < -0.39 is 93.2 Å². The fraction of sp³-hybridized carbons (Fsp3) is 0.484. The van der Waals surface area contributed by atoms with Crippen molar-refractivity contribution >= 4 is 45.5 Å². The highest BCUT2D eigenvalue weighted by Gasteiger charge is 2.43. The van der Waals surface area contributed by atoms with Crippen molar-refractivity contribution in [1.82, 2.24) is 20.5 Å². The Morgan fingerprint density at radius 1 is 0.880 bits per heavy atom. The molecule has 1 unspecified atom stereocenters. The Hall–Kier alpha value is -4.94. The third-order valence-electron chi connectivity index (χ3n) is 5.89. The van der Waals surface area contributed by atoms with Gasteiger partial charge in [0.1, 0.15) is 23.4 Å². The van der Waals surface area contributed by atoms with E-state index in [-0.39, 0.29) is 13.0 Å². The van der Waals surface area contributed by atoms with Crippen LogP contribution in [0.5, 0.6) is 0 Å². The number of anilines is 1. The molecule has 2 rings (SSSR count). The second-order valence-electron chi connectivity index (χ2n) is 12.8. The molecule has 0 aliphatic carbocycles. The summed E-state index contributed by atoms with van der Waals surface area (Å²) >= 11 is 0. The normalized spacial score (nSPS) is 12.6. The predicted octanol–water partition coefficient (Wildman–Crippen LogP) is 3.59. The lowest BCUT2D eigenvalue weighted by molar-refractivity contribution is -0.174. The van der Waals surface area contributed by atoms with Crippen LogP contribution < -0.4 is 26.2 Å². The van der Waals surface area contributed by atoms with E-state index in [9.17, 15) is 45.6 Å². The largest absolute Gasteiger partial charge is 0.452 e. The van der Waals surface area contributed by atoms with Crippen LogP contribution in [0, 0.1) is 0 Å². The van der Waals surface area contributed by atoms with Crippen molar-refractivity contribution in [2.45, 2.75) is 90.1 Å². The monoisotopic (exact) mass is 730 g/mol. The van der Waals surface area contributed by atoms with Crippen molar-refractivity contribution in [3.8, 4) is 0 Å². The molecule has 1 atom stereocenters. The van der Waals surface area contributed by atoms with Crippen molar-refractivity contribution in [3.05, 3.63) is 64.6 Å². The summed E-state index contributed by atoms with van der Waals surface area (Å²) in [7, 11) is -4.06. The minimum atomic E-state index is -5.34. The standard InChI is InChI=1S/C31H41F3N6O9S/c1-29(2,3)48-27(44)37-26(38-28(45)49-30(4,5)6)35-16-10-14-21(24(42)31(32,33)34)36-23(41)18-40-17-11-15-22(25(40)43)39-50(46,47)19-20-12-8-7-9-13-20/h7-9,11-13,15,17,21,39H,10,14,16,18-19H2,1-6H3,(H,36,41)(H2,35,37,38,44,45). The highest BCUT2D eigenvalue weighted by Crippen LogP contribution is 2.20. The van der Waals surface area contributed by atoms with Crippen molar-refractivity contribution in [1.29, 1.82) is 0 Å². The molecule has 0 bridgehead atoms. The molecule has 2 aromatic rings. The highest BCUT2D eigenvalue weighted by molar-refractivity contribution is 7.91. The molecule has 0 radical (unpaired) electrons. The molecule has 0 aliphatic heterocycles. The van der Waals surface area contributed by atoms with Gasteiger partial charge in [-0.05, 0) is 72.1 Å². The lowest BCUT2D eigenvalue weighted by atomic mass is 10.1. The number of hydrogen-bond acceptors (Lipinski definition) is 10. The van der Waals surface area contributed by atoms with Gasteiger partial charge in [0.05, 0.1) is 11.8 Å². The molecule has 0 spiro atoms. The number of amides is 3. The molecule has 0 saturated heterocycles. The van der Waals surface area contributed by atoms with Gasteiger partial charge >= 0.3 is 18.4 Å². The van der Waals surface area contributed by atoms with E-state index in [0.717, 1.165) is 16.8 Å². The Kier molecular flexibility index (Phi) is 14.1. The Labute approximate surface area is 287 Å². The van der Waals surface area contributed by atoms with E-state index in [1.54, 1.807) is 71.9 Å². The molecule has 1 aromatic carbocycles. The van der Waals surface area contributed by atoms with Gasteiger partial charge in [-0.25, -0.2) is 18.0 Å². The number of sulfonamides is 1. The summed E-state index contributed by atoms with van der Waals surface area (Å²) in [6, 6.07) is 8.40. The molecule has 15 nitrogen and oxygen atoms in total. The Morgan fingerprint density at radius 3 is 1.96 bits per heavy atom. The van der Waals surface area contributed by atoms with Crippen LogP contribution in [-0.4, -0.2) is 72.8 Å². The molecule has 0 fully saturated rings. The van der Waals surface area contributed by atoms with Gasteiger partial charge in [-0.3, -0.25) is 34.7 Å². The minimum Gasteiger partial charge on any atom is -0.444 e. The van der Waals surface area contributed by atoms with Crippen LogP contribution in [0.4, 0.5) is 28.4 Å². The third-order valence-corrected chi connectivity index (χ3v) is 7.13. The SMILES string of the molecule is CC(C)(C)OC(=O)NC(=NCCCC(NC(=O)Cn1cccc(NS(=O)(=O)Cc2ccccc2)c1=O)C(=O)C(F)(F)F)NC(=O)OC(C)(C)C. The summed E-state index contributed by atoms with van der Waals surface area (Å²) in [5.41, 5.74) is -2.78. The van der Waals surface area contributed by atoms with E-state index >= 15 is 0 Å². The summed E-state index contributed by atoms with van der Waals surface area (Å²) in [4.78, 5) is 66.4. The zero-order chi connectivity index (χ0) is 37.9. The topological polar surface area (TPSA) is 203 Å². The number of guanidine groups is 1. The first-order chi connectivity index (χ1) is 22.9. The summed E-state index contributed by atoms with van der Waals surface area (Å²) < 4.78 is 78.6. The number of hydrogen-bond donors (Lipinski definition) is 4. The van der Waals surface area contributed by atoms with Crippen LogP contribution in [0.15, 0.2) is 58.4 Å². The molecule has 0 saturated carbocycles. The van der Waals surface area contributed by atoms with Crippen molar-refractivity contribution in [2.75, 3.05) is 11.3 Å². The molecular formula is C31H41F3N6O9S. The van der Waals surface area contributed by atoms with Crippen molar-refractivity contribution in [3.63, 3.8) is 0 Å². The average molecular weight is 731 g/mol. The van der Waals surface area contributed by atoms with Gasteiger partial charge in [-0.2, -0.15) is 13.2 Å². The Balaban J connectivity index is 2.16. The van der Waals surface area contributed by atoms with Gasteiger partial charge in [0.25, 0.3) is 11.3 Å². The number of aliphatic imine (C=N–C) groups is 1. The molecule has 19 heteroatoms. The second kappa shape index (κ2) is 17.1. The van der Waals surface area contributed by atoms with E-state index in [1.165, 1.54) is 6.07 Å². The number of aromatic nitrogens is 1. The molecule has 3 amide bonds. The highest BCUT2D eigenvalue weighted by atomic mass is 32.2. The molecule has 4 N–H and O–H groups in total. The fourth-order valence-electron chi connectivity index (χ4n) is 3.99. The molecule has 1 aromatic heterocycles. The molecule has 50 heavy (non-hydrogen) atoms. The summed E-state index contributed by atoms with van der Waals surface area (Å²) in [5, 5.41) is 6.38. The average Bonchev–Trinajstić information content (AvgIpc) is 2.94. The van der Waals surface area contributed by atoms with E-state index in [2.05, 4.69) is 20.3 Å². The molecular weight excluding hydrogens is 689 g/mol. The maximum Gasteiger partial charge on any atom is 0.452 e. The summed E-state index contributed by atoms with van der Waals surface area (Å²) in [5.74, 6) is -4.33. The summed E-state index contributed by atoms with van der Waals surface area (Å²) in [6.07, 6.45) is -7.09. The molecule has 1 heterocycles. The number of Topliss-reactive ketones (excluding diaryl/α,β-unsaturated/α-hetero) is 1. The smallest absolute Gasteiger partial charge is 0.444 e. The Bertz CT molecular complexity index is 1680. The fourth-order valence-corrected chi connectivity index (χ4v) is 5.19. The Morgan fingerprint density at radius 2 is 1.44 bits per heavy atom. The summed E-state index contributed by atoms with van der Waals surface area (Å²) in [6.45, 7) is 8.30. The number of benzene rings is 1. The van der Waals surface area contributed by atoms with Crippen molar-refractivity contribution < 1.29 is 50.2 Å². The number of rotatable bonds is 12. The number of alkyl halides is 3. The quantitative estimate of drug-likeness (QED) is 0.143. The molecule has 0 aliphatic rings. The number of halogens is 3. The zero-order valence-electron chi connectivity index (χ0n) is 28.3.